The van der Waals surface area contributed by atoms with Gasteiger partial charge in [0.25, 0.3) is 11.8 Å². The SMILES string of the molecule is CCOc1cc(COc2c(Br)cc(/C=C3\C(=O)NC(=O)N(c4ccc(OC)cc4)C3=O)cc2OCC)ccc1OCc1ccccc1. The predicted octanol–water partition coefficient (Wildman–Crippen LogP) is 7.08. The van der Waals surface area contributed by atoms with Crippen molar-refractivity contribution in [2.45, 2.75) is 27.1 Å². The number of barbiturate groups is 1. The van der Waals surface area contributed by atoms with Crippen LogP contribution in [0.4, 0.5) is 10.5 Å². The molecule has 0 radical (unpaired) electrons. The van der Waals surface area contributed by atoms with Gasteiger partial charge in [0.05, 0.1) is 30.5 Å². The van der Waals surface area contributed by atoms with Crippen molar-refractivity contribution in [2.75, 3.05) is 25.2 Å². The summed E-state index contributed by atoms with van der Waals surface area (Å²) in [5.74, 6) is 1.05. The van der Waals surface area contributed by atoms with E-state index in [1.807, 2.05) is 62.4 Å². The number of hydrogen-bond acceptors (Lipinski definition) is 8. The number of imide groups is 2. The average molecular weight is 702 g/mol. The van der Waals surface area contributed by atoms with Crippen molar-refractivity contribution in [1.29, 1.82) is 0 Å². The standard InChI is InChI=1S/C36H33BrN2O8/c1-4-44-31-19-24(11-16-30(31)46-21-23-9-7-6-8-10-23)22-47-33-29(37)18-25(20-32(33)45-5-2)17-28-34(40)38-36(42)39(35(28)41)26-12-14-27(43-3)15-13-26/h6-20H,4-5,21-22H2,1-3H3,(H,38,40,42)/b28-17+. The minimum atomic E-state index is -0.842. The Morgan fingerprint density at radius 3 is 2.15 bits per heavy atom. The quantitative estimate of drug-likeness (QED) is 0.116. The maximum atomic E-state index is 13.4. The van der Waals surface area contributed by atoms with E-state index in [1.54, 1.807) is 36.4 Å². The van der Waals surface area contributed by atoms with Crippen molar-refractivity contribution >= 4 is 45.5 Å². The van der Waals surface area contributed by atoms with E-state index in [1.165, 1.54) is 13.2 Å². The van der Waals surface area contributed by atoms with Gasteiger partial charge in [-0.05, 0) is 101 Å². The third kappa shape index (κ3) is 7.93. The molecule has 4 aromatic rings. The lowest BCUT2D eigenvalue weighted by molar-refractivity contribution is -0.122. The minimum absolute atomic E-state index is 0.192. The molecule has 1 heterocycles. The van der Waals surface area contributed by atoms with Crippen molar-refractivity contribution in [2.24, 2.45) is 0 Å². The lowest BCUT2D eigenvalue weighted by Gasteiger charge is -2.26. The van der Waals surface area contributed by atoms with Gasteiger partial charge in [0.2, 0.25) is 0 Å². The highest BCUT2D eigenvalue weighted by molar-refractivity contribution is 9.10. The van der Waals surface area contributed by atoms with Gasteiger partial charge in [-0.3, -0.25) is 14.9 Å². The van der Waals surface area contributed by atoms with Crippen LogP contribution < -0.4 is 33.9 Å². The van der Waals surface area contributed by atoms with Crippen molar-refractivity contribution in [3.05, 3.63) is 112 Å². The third-order valence-electron chi connectivity index (χ3n) is 7.00. The summed E-state index contributed by atoms with van der Waals surface area (Å²) in [6.07, 6.45) is 1.40. The maximum absolute atomic E-state index is 13.4. The van der Waals surface area contributed by atoms with Gasteiger partial charge in [0, 0.05) is 0 Å². The molecule has 10 nitrogen and oxygen atoms in total. The molecule has 4 aromatic carbocycles. The van der Waals surface area contributed by atoms with Crippen LogP contribution in [-0.4, -0.2) is 38.2 Å². The number of rotatable bonds is 13. The highest BCUT2D eigenvalue weighted by atomic mass is 79.9. The van der Waals surface area contributed by atoms with Gasteiger partial charge in [0.1, 0.15) is 24.5 Å². The summed E-state index contributed by atoms with van der Waals surface area (Å²) in [5.41, 5.74) is 2.44. The first-order chi connectivity index (χ1) is 22.8. The molecule has 1 aliphatic heterocycles. The molecular formula is C36H33BrN2O8. The molecular weight excluding hydrogens is 668 g/mol. The van der Waals surface area contributed by atoms with Crippen LogP contribution in [0.3, 0.4) is 0 Å². The zero-order valence-corrected chi connectivity index (χ0v) is 27.7. The molecule has 1 aliphatic rings. The molecule has 0 aromatic heterocycles. The van der Waals surface area contributed by atoms with E-state index in [-0.39, 0.29) is 17.9 Å². The van der Waals surface area contributed by atoms with E-state index in [0.717, 1.165) is 16.0 Å². The Balaban J connectivity index is 1.36. The molecule has 5 rings (SSSR count). The van der Waals surface area contributed by atoms with Crippen molar-refractivity contribution in [1.82, 2.24) is 5.32 Å². The van der Waals surface area contributed by atoms with Gasteiger partial charge in [-0.15, -0.1) is 0 Å². The summed E-state index contributed by atoms with van der Waals surface area (Å²) in [6, 6.07) is 24.4. The van der Waals surface area contributed by atoms with Crippen LogP contribution in [0.15, 0.2) is 95.0 Å². The number of amides is 4. The van der Waals surface area contributed by atoms with Gasteiger partial charge in [-0.25, -0.2) is 9.69 Å². The third-order valence-corrected chi connectivity index (χ3v) is 7.59. The van der Waals surface area contributed by atoms with Crippen molar-refractivity contribution in [3.63, 3.8) is 0 Å². The number of hydrogen-bond donors (Lipinski definition) is 1. The Morgan fingerprint density at radius 2 is 1.45 bits per heavy atom. The number of methoxy groups -OCH3 is 1. The molecule has 1 fully saturated rings. The van der Waals surface area contributed by atoms with Crippen molar-refractivity contribution in [3.8, 4) is 28.7 Å². The van der Waals surface area contributed by atoms with Crippen LogP contribution in [0, 0.1) is 0 Å². The largest absolute Gasteiger partial charge is 0.497 e. The summed E-state index contributed by atoms with van der Waals surface area (Å²) in [7, 11) is 1.51. The molecule has 0 atom stereocenters. The first-order valence-corrected chi connectivity index (χ1v) is 15.7. The molecule has 11 heteroatoms. The Labute approximate surface area is 281 Å². The second-order valence-electron chi connectivity index (χ2n) is 10.2. The fourth-order valence-corrected chi connectivity index (χ4v) is 5.36. The number of benzene rings is 4. The molecule has 1 N–H and O–H groups in total. The lowest BCUT2D eigenvalue weighted by atomic mass is 10.1. The van der Waals surface area contributed by atoms with Gasteiger partial charge in [0.15, 0.2) is 23.0 Å². The Hall–Kier alpha value is -5.29. The van der Waals surface area contributed by atoms with Crippen LogP contribution in [0.2, 0.25) is 0 Å². The predicted molar refractivity (Wildman–Crippen MR) is 180 cm³/mol. The second kappa shape index (κ2) is 15.3. The number of carbonyl (C=O) groups is 3. The zero-order chi connectivity index (χ0) is 33.3. The number of ether oxygens (including phenoxy) is 5. The lowest BCUT2D eigenvalue weighted by Crippen LogP contribution is -2.54. The summed E-state index contributed by atoms with van der Waals surface area (Å²) in [6.45, 7) is 5.15. The van der Waals surface area contributed by atoms with E-state index in [9.17, 15) is 14.4 Å². The van der Waals surface area contributed by atoms with E-state index in [0.29, 0.717) is 58.6 Å². The molecule has 0 saturated carbocycles. The van der Waals surface area contributed by atoms with Crippen LogP contribution in [0.5, 0.6) is 28.7 Å². The average Bonchev–Trinajstić information content (AvgIpc) is 3.07. The Morgan fingerprint density at radius 1 is 0.745 bits per heavy atom. The van der Waals surface area contributed by atoms with E-state index < -0.39 is 17.8 Å². The molecule has 0 bridgehead atoms. The first-order valence-electron chi connectivity index (χ1n) is 14.9. The number of nitrogens with zero attached hydrogens (tertiary/aromatic N) is 1. The second-order valence-corrected chi connectivity index (χ2v) is 11.1. The molecule has 0 spiro atoms. The monoisotopic (exact) mass is 700 g/mol. The van der Waals surface area contributed by atoms with Gasteiger partial charge < -0.3 is 23.7 Å². The summed E-state index contributed by atoms with van der Waals surface area (Å²) < 4.78 is 29.7. The van der Waals surface area contributed by atoms with Crippen LogP contribution in [-0.2, 0) is 22.8 Å². The molecule has 47 heavy (non-hydrogen) atoms. The molecule has 1 saturated heterocycles. The summed E-state index contributed by atoms with van der Waals surface area (Å²) in [4.78, 5) is 39.7. The summed E-state index contributed by atoms with van der Waals surface area (Å²) in [5, 5.41) is 2.24. The maximum Gasteiger partial charge on any atom is 0.335 e. The highest BCUT2D eigenvalue weighted by Crippen LogP contribution is 2.39. The Kier molecular flexibility index (Phi) is 10.8. The zero-order valence-electron chi connectivity index (χ0n) is 26.1. The normalized spacial score (nSPS) is 13.7. The molecule has 0 unspecified atom stereocenters. The van der Waals surface area contributed by atoms with Crippen LogP contribution >= 0.6 is 15.9 Å². The molecule has 0 aliphatic carbocycles. The number of nitrogens with one attached hydrogen (secondary N) is 1. The van der Waals surface area contributed by atoms with Gasteiger partial charge in [-0.1, -0.05) is 36.4 Å². The summed E-state index contributed by atoms with van der Waals surface area (Å²) >= 11 is 3.56. The molecule has 242 valence electrons. The number of urea groups is 1. The first kappa shape index (κ1) is 33.1. The molecule has 4 amide bonds. The smallest absolute Gasteiger partial charge is 0.335 e. The van der Waals surface area contributed by atoms with E-state index in [2.05, 4.69) is 21.2 Å². The number of carbonyl (C=O) groups excluding carboxylic acids is 3. The number of halogens is 1. The fourth-order valence-electron chi connectivity index (χ4n) is 4.78. The van der Waals surface area contributed by atoms with Crippen LogP contribution in [0.25, 0.3) is 6.08 Å². The fraction of sp³-hybridized carbons (Fsp3) is 0.194. The van der Waals surface area contributed by atoms with E-state index in [4.69, 9.17) is 23.7 Å². The topological polar surface area (TPSA) is 113 Å². The van der Waals surface area contributed by atoms with Crippen LogP contribution in [0.1, 0.15) is 30.5 Å². The Bertz CT molecular complexity index is 1790. The van der Waals surface area contributed by atoms with Crippen molar-refractivity contribution < 1.29 is 38.1 Å². The highest BCUT2D eigenvalue weighted by Gasteiger charge is 2.37. The van der Waals surface area contributed by atoms with E-state index >= 15 is 0 Å². The number of anilines is 1. The van der Waals surface area contributed by atoms with Gasteiger partial charge >= 0.3 is 6.03 Å². The van der Waals surface area contributed by atoms with Gasteiger partial charge in [-0.2, -0.15) is 0 Å². The minimum Gasteiger partial charge on any atom is -0.497 e.